The number of hydrogen-bond donors (Lipinski definition) is 1. The summed E-state index contributed by atoms with van der Waals surface area (Å²) in [6.07, 6.45) is 5.99. The molecule has 1 aliphatic rings. The first-order valence-corrected chi connectivity index (χ1v) is 9.27. The van der Waals surface area contributed by atoms with Gasteiger partial charge in [0.25, 0.3) is 0 Å². The molecule has 0 atom stereocenters. The van der Waals surface area contributed by atoms with Crippen molar-refractivity contribution < 1.29 is 4.79 Å². The molecule has 0 unspecified atom stereocenters. The predicted octanol–water partition coefficient (Wildman–Crippen LogP) is 3.00. The van der Waals surface area contributed by atoms with Crippen LogP contribution in [0.4, 0.5) is 11.4 Å². The fraction of sp³-hybridized carbons (Fsp3) is 0.579. The lowest BCUT2D eigenvalue weighted by atomic mass is 10.1. The third-order valence-electron chi connectivity index (χ3n) is 5.12. The summed E-state index contributed by atoms with van der Waals surface area (Å²) in [5.41, 5.74) is 3.54. The number of aromatic nitrogens is 2. The monoisotopic (exact) mass is 344 g/mol. The van der Waals surface area contributed by atoms with Crippen molar-refractivity contribution >= 4 is 28.3 Å². The minimum absolute atomic E-state index is 0.0420. The lowest BCUT2D eigenvalue weighted by molar-refractivity contribution is -0.116. The Kier molecular flexibility index (Phi) is 5.16. The zero-order valence-corrected chi connectivity index (χ0v) is 15.5. The van der Waals surface area contributed by atoms with Crippen LogP contribution in [0, 0.1) is 0 Å². The van der Waals surface area contributed by atoms with Crippen LogP contribution in [0.25, 0.3) is 11.0 Å². The highest BCUT2D eigenvalue weighted by Crippen LogP contribution is 2.33. The van der Waals surface area contributed by atoms with E-state index < -0.39 is 0 Å². The Labute approximate surface area is 148 Å². The maximum Gasteiger partial charge on any atom is 0.328 e. The number of hydrogen-bond acceptors (Lipinski definition) is 3. The number of carbonyl (C=O) groups excluding carboxylic acids is 1. The summed E-state index contributed by atoms with van der Waals surface area (Å²) in [5, 5.41) is 3.09. The number of nitrogens with zero attached hydrogens (tertiary/aromatic N) is 3. The van der Waals surface area contributed by atoms with Crippen LogP contribution >= 0.6 is 0 Å². The Morgan fingerprint density at radius 1 is 1.08 bits per heavy atom. The number of piperidine rings is 1. The van der Waals surface area contributed by atoms with Crippen molar-refractivity contribution in [1.82, 2.24) is 9.13 Å². The fourth-order valence-electron chi connectivity index (χ4n) is 3.58. The number of amides is 1. The number of rotatable bonds is 5. The van der Waals surface area contributed by atoms with Crippen molar-refractivity contribution in [2.24, 2.45) is 14.1 Å². The number of aryl methyl sites for hydroxylation is 2. The second kappa shape index (κ2) is 7.33. The van der Waals surface area contributed by atoms with Gasteiger partial charge in [-0.1, -0.05) is 13.3 Å². The van der Waals surface area contributed by atoms with Gasteiger partial charge in [-0.3, -0.25) is 13.9 Å². The number of fused-ring (bicyclic) bond motifs is 1. The van der Waals surface area contributed by atoms with Crippen LogP contribution in [-0.4, -0.2) is 28.1 Å². The number of benzene rings is 1. The van der Waals surface area contributed by atoms with Crippen LogP contribution in [-0.2, 0) is 18.9 Å². The summed E-state index contributed by atoms with van der Waals surface area (Å²) < 4.78 is 3.31. The Balaban J connectivity index is 2.05. The molecule has 1 aromatic carbocycles. The lowest BCUT2D eigenvalue weighted by Crippen LogP contribution is -2.30. The van der Waals surface area contributed by atoms with Crippen LogP contribution in [0.15, 0.2) is 16.9 Å². The molecule has 0 saturated carbocycles. The zero-order valence-electron chi connectivity index (χ0n) is 15.5. The van der Waals surface area contributed by atoms with Crippen molar-refractivity contribution in [2.45, 2.75) is 45.4 Å². The SMILES string of the molecule is CCCCC(=O)Nc1cc2c(cc1N1CCCCC1)n(C)c(=O)n2C. The number of imidazole rings is 1. The molecule has 1 aliphatic heterocycles. The summed E-state index contributed by atoms with van der Waals surface area (Å²) in [7, 11) is 3.57. The van der Waals surface area contributed by atoms with Gasteiger partial charge < -0.3 is 10.2 Å². The molecule has 3 rings (SSSR count). The van der Waals surface area contributed by atoms with E-state index in [4.69, 9.17) is 0 Å². The predicted molar refractivity (Wildman–Crippen MR) is 102 cm³/mol. The second-order valence-electron chi connectivity index (χ2n) is 6.96. The van der Waals surface area contributed by atoms with Gasteiger partial charge in [-0.05, 0) is 37.8 Å². The third-order valence-corrected chi connectivity index (χ3v) is 5.12. The second-order valence-corrected chi connectivity index (χ2v) is 6.96. The lowest BCUT2D eigenvalue weighted by Gasteiger charge is -2.30. The quantitative estimate of drug-likeness (QED) is 0.907. The van der Waals surface area contributed by atoms with E-state index in [2.05, 4.69) is 23.2 Å². The molecule has 0 radical (unpaired) electrons. The normalized spacial score (nSPS) is 14.9. The first-order valence-electron chi connectivity index (χ1n) is 9.27. The molecule has 2 heterocycles. The summed E-state index contributed by atoms with van der Waals surface area (Å²) in [6, 6.07) is 4.00. The number of carbonyl (C=O) groups is 1. The van der Waals surface area contributed by atoms with Gasteiger partial charge in [-0.15, -0.1) is 0 Å². The average molecular weight is 344 g/mol. The van der Waals surface area contributed by atoms with Gasteiger partial charge in [0.05, 0.1) is 22.4 Å². The minimum Gasteiger partial charge on any atom is -0.370 e. The molecule has 1 fully saturated rings. The summed E-state index contributed by atoms with van der Waals surface area (Å²) in [4.78, 5) is 26.9. The number of nitrogens with one attached hydrogen (secondary N) is 1. The Bertz CT molecular complexity index is 828. The molecule has 6 heteroatoms. The maximum atomic E-state index is 12.3. The van der Waals surface area contributed by atoms with E-state index in [0.29, 0.717) is 6.42 Å². The number of anilines is 2. The van der Waals surface area contributed by atoms with Crippen LogP contribution in [0.5, 0.6) is 0 Å². The standard InChI is InChI=1S/C19H28N4O2/c1-4-5-9-18(24)20-14-12-16-17(22(3)19(25)21(16)2)13-15(14)23-10-7-6-8-11-23/h12-13H,4-11H2,1-3H3,(H,20,24). The van der Waals surface area contributed by atoms with Crippen LogP contribution < -0.4 is 15.9 Å². The van der Waals surface area contributed by atoms with Gasteiger partial charge in [-0.2, -0.15) is 0 Å². The maximum absolute atomic E-state index is 12.3. The first kappa shape index (κ1) is 17.6. The molecule has 0 bridgehead atoms. The molecule has 2 aromatic rings. The molecular weight excluding hydrogens is 316 g/mol. The van der Waals surface area contributed by atoms with E-state index in [9.17, 15) is 9.59 Å². The van der Waals surface area contributed by atoms with E-state index in [1.54, 1.807) is 23.2 Å². The molecule has 1 saturated heterocycles. The van der Waals surface area contributed by atoms with Crippen molar-refractivity contribution in [1.29, 1.82) is 0 Å². The molecule has 0 aliphatic carbocycles. The average Bonchev–Trinajstić information content (AvgIpc) is 2.84. The Morgan fingerprint density at radius 3 is 2.36 bits per heavy atom. The van der Waals surface area contributed by atoms with Gasteiger partial charge in [0, 0.05) is 33.6 Å². The Morgan fingerprint density at radius 2 is 1.72 bits per heavy atom. The van der Waals surface area contributed by atoms with E-state index in [1.807, 2.05) is 6.07 Å². The highest BCUT2D eigenvalue weighted by Gasteiger charge is 2.19. The van der Waals surface area contributed by atoms with Crippen LogP contribution in [0.2, 0.25) is 0 Å². The molecule has 1 amide bonds. The minimum atomic E-state index is -0.0472. The fourth-order valence-corrected chi connectivity index (χ4v) is 3.58. The first-order chi connectivity index (χ1) is 12.0. The molecule has 136 valence electrons. The highest BCUT2D eigenvalue weighted by atomic mass is 16.2. The molecule has 6 nitrogen and oxygen atoms in total. The van der Waals surface area contributed by atoms with E-state index in [1.165, 1.54) is 6.42 Å². The van der Waals surface area contributed by atoms with Gasteiger partial charge >= 0.3 is 5.69 Å². The third kappa shape index (κ3) is 3.43. The van der Waals surface area contributed by atoms with E-state index in [-0.39, 0.29) is 11.6 Å². The van der Waals surface area contributed by atoms with Crippen LogP contribution in [0.3, 0.4) is 0 Å². The van der Waals surface area contributed by atoms with Crippen LogP contribution in [0.1, 0.15) is 45.4 Å². The smallest absolute Gasteiger partial charge is 0.328 e. The van der Waals surface area contributed by atoms with E-state index >= 15 is 0 Å². The van der Waals surface area contributed by atoms with Gasteiger partial charge in [0.2, 0.25) is 5.91 Å². The summed E-state index contributed by atoms with van der Waals surface area (Å²) >= 11 is 0. The largest absolute Gasteiger partial charge is 0.370 e. The number of unbranched alkanes of at least 4 members (excludes halogenated alkanes) is 1. The van der Waals surface area contributed by atoms with Crippen molar-refractivity contribution in [3.8, 4) is 0 Å². The van der Waals surface area contributed by atoms with Crippen molar-refractivity contribution in [3.63, 3.8) is 0 Å². The molecular formula is C19H28N4O2. The molecule has 1 N–H and O–H groups in total. The van der Waals surface area contributed by atoms with Gasteiger partial charge in [0.1, 0.15) is 0 Å². The summed E-state index contributed by atoms with van der Waals surface area (Å²) in [6.45, 7) is 4.06. The molecule has 1 aromatic heterocycles. The molecule has 0 spiro atoms. The van der Waals surface area contributed by atoms with Crippen molar-refractivity contribution in [2.75, 3.05) is 23.3 Å². The van der Waals surface area contributed by atoms with Crippen molar-refractivity contribution in [3.05, 3.63) is 22.6 Å². The Hall–Kier alpha value is -2.24. The zero-order chi connectivity index (χ0) is 18.0. The highest BCUT2D eigenvalue weighted by molar-refractivity contribution is 5.98. The van der Waals surface area contributed by atoms with Gasteiger partial charge in [0.15, 0.2) is 0 Å². The van der Waals surface area contributed by atoms with Gasteiger partial charge in [-0.25, -0.2) is 4.79 Å². The summed E-state index contributed by atoms with van der Waals surface area (Å²) in [5.74, 6) is 0.0420. The van der Waals surface area contributed by atoms with E-state index in [0.717, 1.165) is 61.2 Å². The topological polar surface area (TPSA) is 59.3 Å². The molecule has 25 heavy (non-hydrogen) atoms.